The van der Waals surface area contributed by atoms with Crippen LogP contribution in [0.2, 0.25) is 0 Å². The van der Waals surface area contributed by atoms with Crippen molar-refractivity contribution in [1.82, 2.24) is 0 Å². The molecule has 6 aromatic rings. The van der Waals surface area contributed by atoms with Gasteiger partial charge in [0.25, 0.3) is 0 Å². The Bertz CT molecular complexity index is 2210. The molecular formula is C34H18O4. The van der Waals surface area contributed by atoms with E-state index >= 15 is 0 Å². The van der Waals surface area contributed by atoms with Gasteiger partial charge < -0.3 is 10.2 Å². The average Bonchev–Trinajstić information content (AvgIpc) is 2.92. The number of allylic oxidation sites excluding steroid dienone is 4. The number of phenols is 2. The molecule has 0 bridgehead atoms. The van der Waals surface area contributed by atoms with Crippen LogP contribution in [0.4, 0.5) is 0 Å². The van der Waals surface area contributed by atoms with Crippen molar-refractivity contribution >= 4 is 54.7 Å². The molecule has 3 aliphatic rings. The SMILES string of the molecule is O=C1C2=CC=CC(=O)C2c2cc(O)c3c4ccc5c6c(cc(O)c(c7ccc1c2c73)c64)-c1ccccc1C5. The lowest BCUT2D eigenvalue weighted by Gasteiger charge is -2.30. The van der Waals surface area contributed by atoms with Gasteiger partial charge in [0.15, 0.2) is 11.6 Å². The van der Waals surface area contributed by atoms with Crippen LogP contribution < -0.4 is 0 Å². The quantitative estimate of drug-likeness (QED) is 0.176. The second kappa shape index (κ2) is 6.48. The van der Waals surface area contributed by atoms with Gasteiger partial charge in [-0.25, -0.2) is 0 Å². The highest BCUT2D eigenvalue weighted by Gasteiger charge is 2.38. The number of hydrogen-bond donors (Lipinski definition) is 2. The van der Waals surface area contributed by atoms with Crippen LogP contribution in [-0.4, -0.2) is 21.8 Å². The van der Waals surface area contributed by atoms with Crippen LogP contribution in [-0.2, 0) is 11.2 Å². The fraction of sp³-hybridized carbons (Fsp3) is 0.0588. The smallest absolute Gasteiger partial charge is 0.190 e. The van der Waals surface area contributed by atoms with E-state index in [1.54, 1.807) is 24.3 Å². The van der Waals surface area contributed by atoms with Crippen molar-refractivity contribution in [2.45, 2.75) is 12.3 Å². The third kappa shape index (κ3) is 2.15. The summed E-state index contributed by atoms with van der Waals surface area (Å²) < 4.78 is 0. The lowest BCUT2D eigenvalue weighted by Crippen LogP contribution is -2.25. The van der Waals surface area contributed by atoms with Crippen molar-refractivity contribution in [3.63, 3.8) is 0 Å². The molecule has 0 aromatic heterocycles. The van der Waals surface area contributed by atoms with Crippen LogP contribution in [0.25, 0.3) is 54.2 Å². The third-order valence-corrected chi connectivity index (χ3v) is 8.82. The molecule has 4 heteroatoms. The fourth-order valence-corrected chi connectivity index (χ4v) is 7.36. The number of rotatable bonds is 0. The Morgan fingerprint density at radius 1 is 0.658 bits per heavy atom. The maximum absolute atomic E-state index is 13.6. The zero-order valence-corrected chi connectivity index (χ0v) is 20.0. The minimum atomic E-state index is -0.739. The fourth-order valence-electron chi connectivity index (χ4n) is 7.36. The monoisotopic (exact) mass is 490 g/mol. The zero-order valence-electron chi connectivity index (χ0n) is 20.0. The lowest BCUT2D eigenvalue weighted by molar-refractivity contribution is -0.115. The summed E-state index contributed by atoms with van der Waals surface area (Å²) in [6.45, 7) is 0. The van der Waals surface area contributed by atoms with E-state index in [1.807, 2.05) is 30.3 Å². The Balaban J connectivity index is 1.54. The van der Waals surface area contributed by atoms with Crippen molar-refractivity contribution in [1.29, 1.82) is 0 Å². The molecule has 178 valence electrons. The second-order valence-electron chi connectivity index (χ2n) is 10.6. The number of hydrogen-bond acceptors (Lipinski definition) is 4. The van der Waals surface area contributed by atoms with Crippen LogP contribution >= 0.6 is 0 Å². The van der Waals surface area contributed by atoms with Crippen LogP contribution in [0.5, 0.6) is 11.5 Å². The topological polar surface area (TPSA) is 74.6 Å². The molecule has 3 aliphatic carbocycles. The molecule has 0 radical (unpaired) electrons. The molecule has 9 rings (SSSR count). The Kier molecular flexibility index (Phi) is 3.43. The summed E-state index contributed by atoms with van der Waals surface area (Å²) in [7, 11) is 0. The highest BCUT2D eigenvalue weighted by molar-refractivity contribution is 6.40. The third-order valence-electron chi connectivity index (χ3n) is 8.82. The van der Waals surface area contributed by atoms with Crippen LogP contribution in [0.3, 0.4) is 0 Å². The molecule has 0 amide bonds. The van der Waals surface area contributed by atoms with Gasteiger partial charge in [0, 0.05) is 32.7 Å². The summed E-state index contributed by atoms with van der Waals surface area (Å²) in [4.78, 5) is 26.6. The molecule has 0 spiro atoms. The van der Waals surface area contributed by atoms with E-state index in [0.717, 1.165) is 39.1 Å². The molecule has 0 fully saturated rings. The summed E-state index contributed by atoms with van der Waals surface area (Å²) in [5, 5.41) is 29.5. The van der Waals surface area contributed by atoms with Crippen molar-refractivity contribution in [3.05, 3.63) is 107 Å². The Morgan fingerprint density at radius 2 is 1.39 bits per heavy atom. The summed E-state index contributed by atoms with van der Waals surface area (Å²) in [6.07, 6.45) is 5.60. The number of phenolic OH excluding ortho intramolecular Hbond substituents is 2. The maximum Gasteiger partial charge on any atom is 0.190 e. The van der Waals surface area contributed by atoms with E-state index in [2.05, 4.69) is 18.2 Å². The van der Waals surface area contributed by atoms with Crippen LogP contribution in [0.15, 0.2) is 84.5 Å². The van der Waals surface area contributed by atoms with Gasteiger partial charge in [0.05, 0.1) is 5.92 Å². The first-order valence-corrected chi connectivity index (χ1v) is 12.7. The first-order chi connectivity index (χ1) is 18.5. The number of benzene rings is 6. The van der Waals surface area contributed by atoms with Crippen LogP contribution in [0, 0.1) is 0 Å². The largest absolute Gasteiger partial charge is 0.507 e. The minimum absolute atomic E-state index is 0.0732. The van der Waals surface area contributed by atoms with E-state index in [4.69, 9.17) is 0 Å². The van der Waals surface area contributed by atoms with Crippen molar-refractivity contribution in [2.75, 3.05) is 0 Å². The van der Waals surface area contributed by atoms with E-state index < -0.39 is 5.92 Å². The Hall–Kier alpha value is -4.96. The van der Waals surface area contributed by atoms with Gasteiger partial charge in [0.1, 0.15) is 11.5 Å². The molecule has 1 atom stereocenters. The van der Waals surface area contributed by atoms with E-state index in [0.29, 0.717) is 38.2 Å². The number of ketones is 2. The van der Waals surface area contributed by atoms with Crippen molar-refractivity contribution in [2.24, 2.45) is 0 Å². The van der Waals surface area contributed by atoms with Crippen molar-refractivity contribution in [3.8, 4) is 22.6 Å². The molecule has 0 aliphatic heterocycles. The Morgan fingerprint density at radius 3 is 2.24 bits per heavy atom. The van der Waals surface area contributed by atoms with Crippen molar-refractivity contribution < 1.29 is 19.8 Å². The molecule has 0 saturated carbocycles. The molecule has 0 heterocycles. The first kappa shape index (κ1) is 20.1. The minimum Gasteiger partial charge on any atom is -0.507 e. The zero-order chi connectivity index (χ0) is 25.4. The first-order valence-electron chi connectivity index (χ1n) is 12.7. The molecule has 6 aromatic carbocycles. The predicted molar refractivity (Wildman–Crippen MR) is 149 cm³/mol. The lowest BCUT2D eigenvalue weighted by atomic mass is 9.71. The molecule has 2 N–H and O–H groups in total. The van der Waals surface area contributed by atoms with Gasteiger partial charge in [-0.05, 0) is 80.1 Å². The Labute approximate surface area is 216 Å². The molecule has 4 nitrogen and oxygen atoms in total. The van der Waals surface area contributed by atoms with E-state index in [9.17, 15) is 19.8 Å². The van der Waals surface area contributed by atoms with Gasteiger partial charge in [-0.1, -0.05) is 54.6 Å². The number of Topliss-reactive ketones (excluding diaryl/α,β-unsaturated/α-hetero) is 1. The van der Waals surface area contributed by atoms with Gasteiger partial charge in [-0.2, -0.15) is 0 Å². The number of carbonyl (C=O) groups is 2. The average molecular weight is 491 g/mol. The standard InChI is InChI=1S/C34H18O4/c35-24-7-3-6-20-28(24)23-14-26(37)31-18-9-8-16-12-15-4-1-2-5-17(15)22-13-25(36)30(32(18)27(16)22)19-10-11-21(34(20)38)29(23)33(19)31/h1-11,13-14,28,36-37H,12H2. The van der Waals surface area contributed by atoms with Crippen LogP contribution in [0.1, 0.15) is 33.0 Å². The second-order valence-corrected chi connectivity index (χ2v) is 10.6. The number of aromatic hydroxyl groups is 2. The number of fused-ring (bicyclic) bond motifs is 6. The van der Waals surface area contributed by atoms with E-state index in [1.165, 1.54) is 17.2 Å². The van der Waals surface area contributed by atoms with Gasteiger partial charge in [-0.15, -0.1) is 0 Å². The molecule has 0 saturated heterocycles. The molecule has 1 unspecified atom stereocenters. The molecule has 38 heavy (non-hydrogen) atoms. The predicted octanol–water partition coefficient (Wildman–Crippen LogP) is 7.06. The summed E-state index contributed by atoms with van der Waals surface area (Å²) >= 11 is 0. The van der Waals surface area contributed by atoms with Gasteiger partial charge in [-0.3, -0.25) is 9.59 Å². The summed E-state index contributed by atoms with van der Waals surface area (Å²) in [6, 6.07) is 19.6. The van der Waals surface area contributed by atoms with Gasteiger partial charge >= 0.3 is 0 Å². The maximum atomic E-state index is 13.6. The molecular weight excluding hydrogens is 472 g/mol. The highest BCUT2D eigenvalue weighted by atomic mass is 16.3. The van der Waals surface area contributed by atoms with Gasteiger partial charge in [0.2, 0.25) is 0 Å². The van der Waals surface area contributed by atoms with E-state index in [-0.39, 0.29) is 23.1 Å². The number of carbonyl (C=O) groups excluding carboxylic acids is 2. The summed E-state index contributed by atoms with van der Waals surface area (Å²) in [5.74, 6) is -0.841. The highest BCUT2D eigenvalue weighted by Crippen LogP contribution is 2.54. The summed E-state index contributed by atoms with van der Waals surface area (Å²) in [5.41, 5.74) is 6.08. The normalized spacial score (nSPS) is 17.5.